The average molecular weight is 400 g/mol. The first kappa shape index (κ1) is 19.3. The Kier molecular flexibility index (Phi) is 5.22. The zero-order chi connectivity index (χ0) is 21.1. The second-order valence-corrected chi connectivity index (χ2v) is 7.21. The second-order valence-electron chi connectivity index (χ2n) is 7.21. The molecule has 1 saturated heterocycles. The van der Waals surface area contributed by atoms with Crippen LogP contribution in [0.15, 0.2) is 48.5 Å². The van der Waals surface area contributed by atoms with Gasteiger partial charge in [0, 0.05) is 30.9 Å². The number of amides is 1. The summed E-state index contributed by atoms with van der Waals surface area (Å²) in [4.78, 5) is 19.2. The lowest BCUT2D eigenvalue weighted by Gasteiger charge is -2.16. The number of carbonyl (C=O) groups is 1. The fourth-order valence-electron chi connectivity index (χ4n) is 3.62. The Bertz CT molecular complexity index is 1210. The van der Waals surface area contributed by atoms with Crippen molar-refractivity contribution in [1.82, 2.24) is 29.9 Å². The molecule has 3 heterocycles. The number of nitriles is 1. The molecule has 30 heavy (non-hydrogen) atoms. The molecule has 0 radical (unpaired) electrons. The van der Waals surface area contributed by atoms with E-state index in [0.717, 1.165) is 36.2 Å². The van der Waals surface area contributed by atoms with Crippen molar-refractivity contribution >= 4 is 34.1 Å². The first-order chi connectivity index (χ1) is 14.7. The number of nitrogens with one attached hydrogen (secondary N) is 1. The number of carbonyl (C=O) groups excluding carboxylic acids is 1. The van der Waals surface area contributed by atoms with E-state index in [-0.39, 0.29) is 5.91 Å². The van der Waals surface area contributed by atoms with E-state index in [2.05, 4.69) is 39.3 Å². The maximum atomic E-state index is 12.6. The summed E-state index contributed by atoms with van der Waals surface area (Å²) in [7, 11) is 0. The fourth-order valence-corrected chi connectivity index (χ4v) is 3.62. The normalized spacial score (nSPS) is 15.7. The molecule has 1 fully saturated rings. The van der Waals surface area contributed by atoms with Crippen LogP contribution in [0.2, 0.25) is 0 Å². The lowest BCUT2D eigenvalue weighted by Crippen LogP contribution is -2.28. The van der Waals surface area contributed by atoms with Crippen molar-refractivity contribution in [1.29, 1.82) is 5.26 Å². The molecule has 1 aliphatic heterocycles. The van der Waals surface area contributed by atoms with E-state index in [1.807, 2.05) is 53.4 Å². The van der Waals surface area contributed by atoms with Crippen molar-refractivity contribution in [2.24, 2.45) is 5.92 Å². The number of likely N-dealkylation sites (tertiary alicyclic amines) is 1. The van der Waals surface area contributed by atoms with E-state index in [1.54, 1.807) is 4.52 Å². The molecule has 1 amide bonds. The fraction of sp³-hybridized carbons (Fsp3) is 0.238. The highest BCUT2D eigenvalue weighted by Crippen LogP contribution is 2.23. The van der Waals surface area contributed by atoms with Crippen molar-refractivity contribution in [3.8, 4) is 6.57 Å². The minimum Gasteiger partial charge on any atom is -0.338 e. The van der Waals surface area contributed by atoms with Crippen LogP contribution in [0.3, 0.4) is 0 Å². The van der Waals surface area contributed by atoms with E-state index in [0.29, 0.717) is 22.9 Å². The number of nitrogens with zero attached hydrogens (tertiary/aromatic N) is 7. The lowest BCUT2D eigenvalue weighted by atomic mass is 10.1. The molecule has 9 nitrogen and oxygen atoms in total. The summed E-state index contributed by atoms with van der Waals surface area (Å²) >= 11 is 0. The van der Waals surface area contributed by atoms with Crippen molar-refractivity contribution in [3.63, 3.8) is 0 Å². The predicted molar refractivity (Wildman–Crippen MR) is 112 cm³/mol. The summed E-state index contributed by atoms with van der Waals surface area (Å²) in [5.41, 5.74) is 3.69. The zero-order valence-corrected chi connectivity index (χ0v) is 16.4. The first-order valence-corrected chi connectivity index (χ1v) is 9.58. The number of benzene rings is 2. The molecular weight excluding hydrogens is 380 g/mol. The molecule has 1 unspecified atom stereocenters. The van der Waals surface area contributed by atoms with Crippen LogP contribution >= 0.6 is 0 Å². The molecule has 0 saturated carbocycles. The van der Waals surface area contributed by atoms with Gasteiger partial charge in [-0.05, 0) is 59.2 Å². The Morgan fingerprint density at radius 1 is 1.17 bits per heavy atom. The van der Waals surface area contributed by atoms with Crippen LogP contribution in [0.25, 0.3) is 16.7 Å². The van der Waals surface area contributed by atoms with E-state index >= 15 is 0 Å². The Hall–Kier alpha value is -4.06. The number of hydrogen-bond donors (Lipinski definition) is 1. The number of aromatic nitrogens is 5. The Morgan fingerprint density at radius 3 is 2.67 bits per heavy atom. The highest BCUT2D eigenvalue weighted by molar-refractivity contribution is 5.95. The predicted octanol–water partition coefficient (Wildman–Crippen LogP) is 3.04. The Morgan fingerprint density at radius 2 is 1.93 bits per heavy atom. The maximum Gasteiger partial charge on any atom is 0.253 e. The summed E-state index contributed by atoms with van der Waals surface area (Å²) in [5, 5.41) is 21.7. The Labute approximate surface area is 172 Å². The molecule has 0 bridgehead atoms. The van der Waals surface area contributed by atoms with Gasteiger partial charge in [-0.25, -0.2) is 10.2 Å². The average Bonchev–Trinajstić information content (AvgIpc) is 3.45. The monoisotopic (exact) mass is 400 g/mol. The number of anilines is 2. The molecule has 150 valence electrons. The van der Waals surface area contributed by atoms with Gasteiger partial charge < -0.3 is 10.2 Å². The minimum atomic E-state index is 0.0868. The van der Waals surface area contributed by atoms with E-state index in [1.165, 1.54) is 0 Å². The van der Waals surface area contributed by atoms with Crippen LogP contribution in [-0.4, -0.2) is 48.9 Å². The van der Waals surface area contributed by atoms with Gasteiger partial charge in [0.1, 0.15) is 0 Å². The summed E-state index contributed by atoms with van der Waals surface area (Å²) in [6.07, 6.45) is 1.07. The number of fused-ring (bicyclic) bond motifs is 3. The molecule has 1 N–H and O–H groups in total. The molecule has 4 aromatic rings. The van der Waals surface area contributed by atoms with Gasteiger partial charge in [-0.15, -0.1) is 5.10 Å². The van der Waals surface area contributed by atoms with Gasteiger partial charge >= 0.3 is 0 Å². The van der Waals surface area contributed by atoms with E-state index in [9.17, 15) is 4.79 Å². The molecule has 2 aromatic carbocycles. The Balaban J connectivity index is 0.00000106. The van der Waals surface area contributed by atoms with Crippen LogP contribution in [0, 0.1) is 17.8 Å². The molecule has 1 aliphatic rings. The van der Waals surface area contributed by atoms with Crippen molar-refractivity contribution < 1.29 is 4.79 Å². The molecule has 5 rings (SSSR count). The molecular formula is C21H20N8O. The summed E-state index contributed by atoms with van der Waals surface area (Å²) in [5.74, 6) is 1.22. The largest absolute Gasteiger partial charge is 0.338 e. The van der Waals surface area contributed by atoms with Crippen LogP contribution < -0.4 is 5.32 Å². The standard InChI is InChI=1S/C20H19N7O.CHN/c1-13-10-11-26(12-13)20(28)14-6-8-15(9-7-14)21-18-19-23-24-25-27(19)17-5-3-2-4-16(17)22-18;1-2/h2-9,13H,10-12H2,1H3,(H,21,22);1H. The van der Waals surface area contributed by atoms with Gasteiger partial charge in [-0.2, -0.15) is 4.52 Å². The van der Waals surface area contributed by atoms with Crippen LogP contribution in [0.1, 0.15) is 23.7 Å². The SMILES string of the molecule is C#N.CC1CCN(C(=O)c2ccc(Nc3nc4ccccc4n4nnnc34)cc2)C1. The van der Waals surface area contributed by atoms with Gasteiger partial charge in [-0.3, -0.25) is 4.79 Å². The van der Waals surface area contributed by atoms with Crippen LogP contribution in [0.4, 0.5) is 11.5 Å². The molecule has 1 atom stereocenters. The smallest absolute Gasteiger partial charge is 0.253 e. The summed E-state index contributed by atoms with van der Waals surface area (Å²) < 4.78 is 1.66. The first-order valence-electron chi connectivity index (χ1n) is 9.58. The quantitative estimate of drug-likeness (QED) is 0.562. The summed E-state index contributed by atoms with van der Waals surface area (Å²) in [6.45, 7) is 7.34. The second kappa shape index (κ2) is 8.13. The third-order valence-electron chi connectivity index (χ3n) is 5.13. The molecule has 0 spiro atoms. The van der Waals surface area contributed by atoms with Crippen molar-refractivity contribution in [2.75, 3.05) is 18.4 Å². The van der Waals surface area contributed by atoms with E-state index in [4.69, 9.17) is 5.26 Å². The number of para-hydroxylation sites is 2. The molecule has 2 aromatic heterocycles. The van der Waals surface area contributed by atoms with Gasteiger partial charge in [0.05, 0.1) is 11.0 Å². The summed E-state index contributed by atoms with van der Waals surface area (Å²) in [6, 6.07) is 15.1. The lowest BCUT2D eigenvalue weighted by molar-refractivity contribution is 0.0788. The van der Waals surface area contributed by atoms with Crippen LogP contribution in [0.5, 0.6) is 0 Å². The van der Waals surface area contributed by atoms with Crippen molar-refractivity contribution in [3.05, 3.63) is 54.1 Å². The van der Waals surface area contributed by atoms with Gasteiger partial charge in [-0.1, -0.05) is 19.1 Å². The highest BCUT2D eigenvalue weighted by atomic mass is 16.2. The highest BCUT2D eigenvalue weighted by Gasteiger charge is 2.24. The topological polar surface area (TPSA) is 112 Å². The number of rotatable bonds is 3. The van der Waals surface area contributed by atoms with Gasteiger partial charge in [0.15, 0.2) is 5.82 Å². The van der Waals surface area contributed by atoms with Crippen LogP contribution in [-0.2, 0) is 0 Å². The maximum absolute atomic E-state index is 12.6. The van der Waals surface area contributed by atoms with E-state index < -0.39 is 0 Å². The van der Waals surface area contributed by atoms with Gasteiger partial charge in [0.2, 0.25) is 5.65 Å². The molecule has 0 aliphatic carbocycles. The number of hydrogen-bond acceptors (Lipinski definition) is 7. The number of tetrazole rings is 1. The molecule has 9 heteroatoms. The van der Waals surface area contributed by atoms with Gasteiger partial charge in [0.25, 0.3) is 5.91 Å². The van der Waals surface area contributed by atoms with Crippen molar-refractivity contribution in [2.45, 2.75) is 13.3 Å². The third kappa shape index (κ3) is 3.51. The third-order valence-corrected chi connectivity index (χ3v) is 5.13. The minimum absolute atomic E-state index is 0.0868. The zero-order valence-electron chi connectivity index (χ0n) is 16.4.